The lowest BCUT2D eigenvalue weighted by Gasteiger charge is -2.17. The Morgan fingerprint density at radius 2 is 1.83 bits per heavy atom. The number of rotatable bonds is 6. The summed E-state index contributed by atoms with van der Waals surface area (Å²) in [5, 5.41) is 7.60. The fourth-order valence-electron chi connectivity index (χ4n) is 2.95. The summed E-state index contributed by atoms with van der Waals surface area (Å²) < 4.78 is 4.94. The predicted octanol–water partition coefficient (Wildman–Crippen LogP) is 5.81. The maximum atomic E-state index is 12.2. The van der Waals surface area contributed by atoms with Gasteiger partial charge in [0.05, 0.1) is 18.7 Å². The molecule has 0 bridgehead atoms. The molecule has 150 valence electrons. The lowest BCUT2D eigenvalue weighted by molar-refractivity contribution is 0.0602. The van der Waals surface area contributed by atoms with Gasteiger partial charge in [0.2, 0.25) is 0 Å². The van der Waals surface area contributed by atoms with Gasteiger partial charge in [-0.15, -0.1) is 11.3 Å². The Kier molecular flexibility index (Phi) is 7.01. The third-order valence-corrected chi connectivity index (χ3v) is 5.98. The van der Waals surface area contributed by atoms with Crippen LogP contribution < -0.4 is 10.6 Å². The number of hydrogen-bond donors (Lipinski definition) is 2. The van der Waals surface area contributed by atoms with Crippen LogP contribution in [0.25, 0.3) is 10.4 Å². The number of benzene rings is 2. The largest absolute Gasteiger partial charge is 0.465 e. The van der Waals surface area contributed by atoms with Crippen LogP contribution >= 0.6 is 23.6 Å². The first-order chi connectivity index (χ1) is 14.0. The van der Waals surface area contributed by atoms with Crippen molar-refractivity contribution in [2.75, 3.05) is 12.4 Å². The standard InChI is InChI=1S/C23H24N2O2S2/c1-4-16-10-12-17(13-11-16)15(2)24-23(28)25-21-19(22(26)27-3)14-20(29-21)18-8-6-5-7-9-18/h5-15H,4H2,1-3H3,(H2,24,25,28). The molecule has 0 amide bonds. The minimum Gasteiger partial charge on any atom is -0.465 e. The smallest absolute Gasteiger partial charge is 0.340 e. The summed E-state index contributed by atoms with van der Waals surface area (Å²) in [5.41, 5.74) is 3.96. The molecular formula is C23H24N2O2S2. The fraction of sp³-hybridized carbons (Fsp3) is 0.217. The Labute approximate surface area is 180 Å². The molecule has 0 saturated heterocycles. The van der Waals surface area contributed by atoms with Gasteiger partial charge in [0, 0.05) is 4.88 Å². The Bertz CT molecular complexity index is 982. The molecule has 0 aliphatic carbocycles. The van der Waals surface area contributed by atoms with Crippen LogP contribution in [0.4, 0.5) is 5.00 Å². The minimum absolute atomic E-state index is 0.0380. The Balaban J connectivity index is 1.76. The van der Waals surface area contributed by atoms with Crippen LogP contribution in [0, 0.1) is 0 Å². The molecule has 3 rings (SSSR count). The average Bonchev–Trinajstić information content (AvgIpc) is 3.17. The molecule has 1 heterocycles. The number of carbonyl (C=O) groups excluding carboxylic acids is 1. The first kappa shape index (κ1) is 21.0. The van der Waals surface area contributed by atoms with E-state index in [1.807, 2.05) is 36.4 Å². The van der Waals surface area contributed by atoms with Crippen LogP contribution in [0.2, 0.25) is 0 Å². The molecule has 0 saturated carbocycles. The molecule has 0 fully saturated rings. The van der Waals surface area contributed by atoms with Crippen molar-refractivity contribution in [3.8, 4) is 10.4 Å². The van der Waals surface area contributed by atoms with Gasteiger partial charge in [0.25, 0.3) is 0 Å². The number of nitrogens with one attached hydrogen (secondary N) is 2. The van der Waals surface area contributed by atoms with Crippen molar-refractivity contribution >= 4 is 39.6 Å². The molecule has 0 aliphatic rings. The van der Waals surface area contributed by atoms with Gasteiger partial charge >= 0.3 is 5.97 Å². The van der Waals surface area contributed by atoms with E-state index in [4.69, 9.17) is 17.0 Å². The normalized spacial score (nSPS) is 11.6. The molecule has 29 heavy (non-hydrogen) atoms. The lowest BCUT2D eigenvalue weighted by Crippen LogP contribution is -2.31. The highest BCUT2D eigenvalue weighted by Crippen LogP contribution is 2.36. The summed E-state index contributed by atoms with van der Waals surface area (Å²) in [6.07, 6.45) is 1.01. The van der Waals surface area contributed by atoms with Gasteiger partial charge in [-0.05, 0) is 48.3 Å². The summed E-state index contributed by atoms with van der Waals surface area (Å²) in [5.74, 6) is -0.392. The van der Waals surface area contributed by atoms with Gasteiger partial charge in [-0.3, -0.25) is 0 Å². The molecule has 0 spiro atoms. The number of thiophene rings is 1. The van der Waals surface area contributed by atoms with Gasteiger partial charge in [-0.25, -0.2) is 4.79 Å². The number of thiocarbonyl (C=S) groups is 1. The van der Waals surface area contributed by atoms with Crippen molar-refractivity contribution in [2.45, 2.75) is 26.3 Å². The second kappa shape index (κ2) is 9.67. The topological polar surface area (TPSA) is 50.4 Å². The van der Waals surface area contributed by atoms with Crippen LogP contribution in [0.15, 0.2) is 60.7 Å². The summed E-state index contributed by atoms with van der Waals surface area (Å²) in [4.78, 5) is 13.2. The van der Waals surface area contributed by atoms with E-state index < -0.39 is 5.97 Å². The molecule has 6 heteroatoms. The highest BCUT2D eigenvalue weighted by atomic mass is 32.1. The van der Waals surface area contributed by atoms with E-state index in [1.165, 1.54) is 24.0 Å². The molecule has 1 aromatic heterocycles. The van der Waals surface area contributed by atoms with E-state index >= 15 is 0 Å². The Hall–Kier alpha value is -2.70. The molecule has 1 atom stereocenters. The average molecular weight is 425 g/mol. The van der Waals surface area contributed by atoms with Crippen LogP contribution in [0.3, 0.4) is 0 Å². The number of esters is 1. The highest BCUT2D eigenvalue weighted by Gasteiger charge is 2.19. The maximum Gasteiger partial charge on any atom is 0.340 e. The van der Waals surface area contributed by atoms with E-state index in [0.717, 1.165) is 22.4 Å². The maximum absolute atomic E-state index is 12.2. The molecule has 1 unspecified atom stereocenters. The van der Waals surface area contributed by atoms with Crippen molar-refractivity contribution < 1.29 is 9.53 Å². The fourth-order valence-corrected chi connectivity index (χ4v) is 4.35. The van der Waals surface area contributed by atoms with Crippen molar-refractivity contribution in [1.29, 1.82) is 0 Å². The van der Waals surface area contributed by atoms with Crippen LogP contribution in [-0.4, -0.2) is 18.2 Å². The van der Waals surface area contributed by atoms with E-state index in [0.29, 0.717) is 15.7 Å². The SMILES string of the molecule is CCc1ccc(C(C)NC(=S)Nc2sc(-c3ccccc3)cc2C(=O)OC)cc1. The number of ether oxygens (including phenoxy) is 1. The van der Waals surface area contributed by atoms with Gasteiger partial charge in [0.1, 0.15) is 5.00 Å². The summed E-state index contributed by atoms with van der Waals surface area (Å²) in [7, 11) is 1.38. The Morgan fingerprint density at radius 3 is 2.45 bits per heavy atom. The molecule has 0 radical (unpaired) electrons. The van der Waals surface area contributed by atoms with Crippen LogP contribution in [0.1, 0.15) is 41.4 Å². The minimum atomic E-state index is -0.392. The van der Waals surface area contributed by atoms with Gasteiger partial charge in [-0.2, -0.15) is 0 Å². The van der Waals surface area contributed by atoms with Crippen molar-refractivity contribution in [3.63, 3.8) is 0 Å². The number of aryl methyl sites for hydroxylation is 1. The van der Waals surface area contributed by atoms with E-state index in [2.05, 4.69) is 48.7 Å². The van der Waals surface area contributed by atoms with Crippen molar-refractivity contribution in [2.24, 2.45) is 0 Å². The van der Waals surface area contributed by atoms with Crippen LogP contribution in [0.5, 0.6) is 0 Å². The van der Waals surface area contributed by atoms with E-state index in [9.17, 15) is 4.79 Å². The quantitative estimate of drug-likeness (QED) is 0.386. The zero-order valence-corrected chi connectivity index (χ0v) is 18.3. The number of hydrogen-bond acceptors (Lipinski definition) is 4. The molecule has 0 aliphatic heterocycles. The third-order valence-electron chi connectivity index (χ3n) is 4.66. The van der Waals surface area contributed by atoms with Crippen molar-refractivity contribution in [1.82, 2.24) is 5.32 Å². The van der Waals surface area contributed by atoms with Crippen molar-refractivity contribution in [3.05, 3.63) is 77.4 Å². The second-order valence-corrected chi connectivity index (χ2v) is 8.09. The Morgan fingerprint density at radius 1 is 1.14 bits per heavy atom. The second-order valence-electron chi connectivity index (χ2n) is 6.63. The lowest BCUT2D eigenvalue weighted by atomic mass is 10.1. The molecular weight excluding hydrogens is 400 g/mol. The molecule has 2 N–H and O–H groups in total. The predicted molar refractivity (Wildman–Crippen MR) is 125 cm³/mol. The summed E-state index contributed by atoms with van der Waals surface area (Å²) in [6.45, 7) is 4.19. The molecule has 3 aromatic rings. The van der Waals surface area contributed by atoms with E-state index in [1.54, 1.807) is 0 Å². The van der Waals surface area contributed by atoms with Gasteiger partial charge < -0.3 is 15.4 Å². The van der Waals surface area contributed by atoms with E-state index in [-0.39, 0.29) is 6.04 Å². The zero-order chi connectivity index (χ0) is 20.8. The van der Waals surface area contributed by atoms with Gasteiger partial charge in [-0.1, -0.05) is 61.5 Å². The zero-order valence-electron chi connectivity index (χ0n) is 16.7. The summed E-state index contributed by atoms with van der Waals surface area (Å²) in [6, 6.07) is 20.3. The first-order valence-electron chi connectivity index (χ1n) is 9.45. The van der Waals surface area contributed by atoms with Gasteiger partial charge in [0.15, 0.2) is 5.11 Å². The highest BCUT2D eigenvalue weighted by molar-refractivity contribution is 7.80. The summed E-state index contributed by atoms with van der Waals surface area (Å²) >= 11 is 6.97. The monoisotopic (exact) mass is 424 g/mol. The first-order valence-corrected chi connectivity index (χ1v) is 10.7. The number of anilines is 1. The van der Waals surface area contributed by atoms with Crippen LogP contribution in [-0.2, 0) is 11.2 Å². The molecule has 2 aromatic carbocycles. The molecule has 4 nitrogen and oxygen atoms in total. The third kappa shape index (κ3) is 5.22. The number of carbonyl (C=O) groups is 1. The number of methoxy groups -OCH3 is 1.